The molecule has 3 N–H and O–H groups in total. The molecule has 1 aliphatic heterocycles. The number of benzene rings is 1. The van der Waals surface area contributed by atoms with E-state index in [0.29, 0.717) is 31.9 Å². The van der Waals surface area contributed by atoms with Crippen LogP contribution in [0.3, 0.4) is 0 Å². The predicted molar refractivity (Wildman–Crippen MR) is 117 cm³/mol. The Bertz CT molecular complexity index is 680. The van der Waals surface area contributed by atoms with E-state index in [1.807, 2.05) is 16.7 Å². The maximum Gasteiger partial charge on any atom is 0.238 e. The summed E-state index contributed by atoms with van der Waals surface area (Å²) in [5.41, 5.74) is 6.53. The molecule has 2 amide bonds. The summed E-state index contributed by atoms with van der Waals surface area (Å²) in [5, 5.41) is 2.77. The van der Waals surface area contributed by atoms with E-state index in [4.69, 9.17) is 5.73 Å². The van der Waals surface area contributed by atoms with Crippen LogP contribution in [-0.4, -0.2) is 59.9 Å². The van der Waals surface area contributed by atoms with Crippen LogP contribution in [0.15, 0.2) is 24.3 Å². The maximum atomic E-state index is 12.9. The lowest BCUT2D eigenvalue weighted by Gasteiger charge is -2.42. The van der Waals surface area contributed by atoms with Crippen LogP contribution in [0.5, 0.6) is 0 Å². The molecule has 164 valence electrons. The second kappa shape index (κ2) is 11.1. The van der Waals surface area contributed by atoms with E-state index in [0.717, 1.165) is 25.7 Å². The highest BCUT2D eigenvalue weighted by atomic mass is 35.5. The van der Waals surface area contributed by atoms with E-state index in [-0.39, 0.29) is 54.9 Å². The van der Waals surface area contributed by atoms with E-state index in [1.165, 1.54) is 24.3 Å². The van der Waals surface area contributed by atoms with Crippen molar-refractivity contribution in [3.63, 3.8) is 0 Å². The molecule has 1 aliphatic carbocycles. The molecule has 0 bridgehead atoms. The molecule has 0 aromatic heterocycles. The molecule has 3 rings (SSSR count). The van der Waals surface area contributed by atoms with Crippen LogP contribution < -0.4 is 11.1 Å². The highest BCUT2D eigenvalue weighted by Crippen LogP contribution is 2.33. The van der Waals surface area contributed by atoms with Crippen LogP contribution in [0.2, 0.25) is 0 Å². The average Bonchev–Trinajstić information content (AvgIpc) is 2.63. The van der Waals surface area contributed by atoms with Crippen molar-refractivity contribution in [2.75, 3.05) is 38.0 Å². The largest absolute Gasteiger partial charge is 0.340 e. The van der Waals surface area contributed by atoms with Crippen molar-refractivity contribution in [2.45, 2.75) is 38.1 Å². The molecule has 1 saturated heterocycles. The van der Waals surface area contributed by atoms with Crippen molar-refractivity contribution < 1.29 is 14.0 Å². The van der Waals surface area contributed by atoms with Crippen molar-refractivity contribution in [1.29, 1.82) is 0 Å². The standard InChI is InChI=1S/C20H29FN4O2.2ClH/c1-20(22)9-3-2-4-17(20)19(27)25-12-10-24(11-13-25)14-18(26)23-16-7-5-15(21)6-8-16;;/h5-8,17H,2-4,9-14,22H2,1H3,(H,23,26);2*1H. The summed E-state index contributed by atoms with van der Waals surface area (Å²) in [5.74, 6) is -0.404. The molecule has 0 spiro atoms. The first-order chi connectivity index (χ1) is 12.8. The quantitative estimate of drug-likeness (QED) is 0.741. The number of carbonyl (C=O) groups excluding carboxylic acids is 2. The Morgan fingerprint density at radius 3 is 2.34 bits per heavy atom. The molecule has 0 radical (unpaired) electrons. The van der Waals surface area contributed by atoms with E-state index in [9.17, 15) is 14.0 Å². The third kappa shape index (κ3) is 6.81. The molecule has 1 aromatic rings. The van der Waals surface area contributed by atoms with E-state index < -0.39 is 5.54 Å². The van der Waals surface area contributed by atoms with Crippen molar-refractivity contribution >= 4 is 42.3 Å². The molecule has 9 heteroatoms. The van der Waals surface area contributed by atoms with E-state index in [2.05, 4.69) is 5.32 Å². The molecule has 1 saturated carbocycles. The van der Waals surface area contributed by atoms with Gasteiger partial charge in [-0.2, -0.15) is 0 Å². The van der Waals surface area contributed by atoms with Gasteiger partial charge in [-0.3, -0.25) is 14.5 Å². The number of hydrogen-bond donors (Lipinski definition) is 2. The molecule has 2 unspecified atom stereocenters. The number of nitrogens with zero attached hydrogens (tertiary/aromatic N) is 2. The summed E-state index contributed by atoms with van der Waals surface area (Å²) in [6.07, 6.45) is 3.92. The van der Waals surface area contributed by atoms with Crippen LogP contribution >= 0.6 is 24.8 Å². The van der Waals surface area contributed by atoms with Crippen molar-refractivity contribution in [3.05, 3.63) is 30.1 Å². The Balaban J connectivity index is 0.00000210. The SMILES string of the molecule is CC1(N)CCCCC1C(=O)N1CCN(CC(=O)Nc2ccc(F)cc2)CC1.Cl.Cl. The van der Waals surface area contributed by atoms with Gasteiger partial charge in [0.2, 0.25) is 11.8 Å². The lowest BCUT2D eigenvalue weighted by molar-refractivity contribution is -0.140. The molecule has 2 atom stereocenters. The molecule has 1 aromatic carbocycles. The fraction of sp³-hybridized carbons (Fsp3) is 0.600. The summed E-state index contributed by atoms with van der Waals surface area (Å²) < 4.78 is 12.9. The molecular weight excluding hydrogens is 418 g/mol. The predicted octanol–water partition coefficient (Wildman–Crippen LogP) is 2.66. The number of carbonyl (C=O) groups is 2. The normalized spacial score (nSPS) is 24.8. The number of rotatable bonds is 4. The summed E-state index contributed by atoms with van der Waals surface area (Å²) in [6.45, 7) is 4.82. The van der Waals surface area contributed by atoms with Crippen LogP contribution in [0.25, 0.3) is 0 Å². The summed E-state index contributed by atoms with van der Waals surface area (Å²) >= 11 is 0. The molecule has 6 nitrogen and oxygen atoms in total. The maximum absolute atomic E-state index is 12.9. The molecule has 1 heterocycles. The van der Waals surface area contributed by atoms with Gasteiger partial charge in [-0.15, -0.1) is 24.8 Å². The Morgan fingerprint density at radius 1 is 1.14 bits per heavy atom. The van der Waals surface area contributed by atoms with Crippen LogP contribution in [-0.2, 0) is 9.59 Å². The summed E-state index contributed by atoms with van der Waals surface area (Å²) in [6, 6.07) is 5.71. The fourth-order valence-electron chi connectivity index (χ4n) is 4.05. The Kier molecular flexibility index (Phi) is 9.82. The topological polar surface area (TPSA) is 78.7 Å². The highest BCUT2D eigenvalue weighted by molar-refractivity contribution is 5.92. The van der Waals surface area contributed by atoms with Gasteiger partial charge in [-0.1, -0.05) is 12.8 Å². The lowest BCUT2D eigenvalue weighted by atomic mass is 9.74. The van der Waals surface area contributed by atoms with Crippen molar-refractivity contribution in [1.82, 2.24) is 9.80 Å². The Morgan fingerprint density at radius 2 is 1.76 bits per heavy atom. The minimum Gasteiger partial charge on any atom is -0.340 e. The minimum atomic E-state index is -0.415. The number of hydrogen-bond acceptors (Lipinski definition) is 4. The molecule has 29 heavy (non-hydrogen) atoms. The van der Waals surface area contributed by atoms with Gasteiger partial charge in [-0.25, -0.2) is 4.39 Å². The summed E-state index contributed by atoms with van der Waals surface area (Å²) in [4.78, 5) is 29.0. The van der Waals surface area contributed by atoms with E-state index >= 15 is 0 Å². The van der Waals surface area contributed by atoms with Gasteiger partial charge >= 0.3 is 0 Å². The zero-order valence-corrected chi connectivity index (χ0v) is 18.4. The first-order valence-corrected chi connectivity index (χ1v) is 9.70. The zero-order chi connectivity index (χ0) is 19.4. The first kappa shape index (κ1) is 25.6. The molecule has 2 aliphatic rings. The van der Waals surface area contributed by atoms with Crippen LogP contribution in [0, 0.1) is 11.7 Å². The first-order valence-electron chi connectivity index (χ1n) is 9.70. The smallest absolute Gasteiger partial charge is 0.238 e. The van der Waals surface area contributed by atoms with Crippen molar-refractivity contribution in [2.24, 2.45) is 11.7 Å². The van der Waals surface area contributed by atoms with Gasteiger partial charge in [0, 0.05) is 37.4 Å². The fourth-order valence-corrected chi connectivity index (χ4v) is 4.05. The van der Waals surface area contributed by atoms with Crippen LogP contribution in [0.1, 0.15) is 32.6 Å². The number of anilines is 1. The second-order valence-corrected chi connectivity index (χ2v) is 7.96. The number of nitrogens with two attached hydrogens (primary N) is 1. The van der Waals surface area contributed by atoms with E-state index in [1.54, 1.807) is 0 Å². The zero-order valence-electron chi connectivity index (χ0n) is 16.7. The van der Waals surface area contributed by atoms with Crippen LogP contribution in [0.4, 0.5) is 10.1 Å². The number of piperazine rings is 1. The van der Waals surface area contributed by atoms with Gasteiger partial charge in [0.05, 0.1) is 12.5 Å². The number of amides is 2. The highest BCUT2D eigenvalue weighted by Gasteiger charge is 2.40. The lowest BCUT2D eigenvalue weighted by Crippen LogP contribution is -2.57. The third-order valence-electron chi connectivity index (χ3n) is 5.73. The Hall–Kier alpha value is -1.41. The summed E-state index contributed by atoms with van der Waals surface area (Å²) in [7, 11) is 0. The van der Waals surface area contributed by atoms with Gasteiger partial charge in [0.25, 0.3) is 0 Å². The average molecular weight is 449 g/mol. The number of nitrogens with one attached hydrogen (secondary N) is 1. The van der Waals surface area contributed by atoms with Crippen molar-refractivity contribution in [3.8, 4) is 0 Å². The molecule has 2 fully saturated rings. The minimum absolute atomic E-state index is 0. The second-order valence-electron chi connectivity index (χ2n) is 7.96. The molecular formula is C20H31Cl2FN4O2. The van der Waals surface area contributed by atoms with Gasteiger partial charge < -0.3 is 16.0 Å². The van der Waals surface area contributed by atoms with Gasteiger partial charge in [0.1, 0.15) is 5.82 Å². The Labute approximate surface area is 184 Å². The monoisotopic (exact) mass is 448 g/mol. The third-order valence-corrected chi connectivity index (χ3v) is 5.73. The van der Waals surface area contributed by atoms with Gasteiger partial charge in [0.15, 0.2) is 0 Å². The van der Waals surface area contributed by atoms with Gasteiger partial charge in [-0.05, 0) is 44.0 Å². The number of halogens is 3.